The minimum atomic E-state index is -0.0568. The van der Waals surface area contributed by atoms with Crippen LogP contribution in [0.15, 0.2) is 46.9 Å². The van der Waals surface area contributed by atoms with E-state index in [0.717, 1.165) is 12.3 Å². The second-order valence-corrected chi connectivity index (χ2v) is 8.75. The molecule has 2 atom stereocenters. The predicted molar refractivity (Wildman–Crippen MR) is 110 cm³/mol. The Balaban J connectivity index is 1.70. The molecule has 0 aliphatic carbocycles. The van der Waals surface area contributed by atoms with Gasteiger partial charge in [-0.2, -0.15) is 0 Å². The molecule has 1 saturated heterocycles. The zero-order valence-corrected chi connectivity index (χ0v) is 17.6. The molecule has 0 spiro atoms. The summed E-state index contributed by atoms with van der Waals surface area (Å²) in [4.78, 5) is 17.0. The van der Waals surface area contributed by atoms with E-state index >= 15 is 0 Å². The first-order valence-electron chi connectivity index (χ1n) is 10.0. The van der Waals surface area contributed by atoms with Gasteiger partial charge in [0.2, 0.25) is 0 Å². The first kappa shape index (κ1) is 20.6. The minimum Gasteiger partial charge on any atom is -0.455 e. The Morgan fingerprint density at radius 2 is 1.68 bits per heavy atom. The normalized spacial score (nSPS) is 20.6. The van der Waals surface area contributed by atoms with E-state index in [1.807, 2.05) is 30.9 Å². The molecular formula is C23H32N2O3. The van der Waals surface area contributed by atoms with Crippen LogP contribution in [0.3, 0.4) is 0 Å². The lowest BCUT2D eigenvalue weighted by Crippen LogP contribution is -2.48. The van der Waals surface area contributed by atoms with Crippen molar-refractivity contribution in [3.63, 3.8) is 0 Å². The molecule has 0 saturated carbocycles. The van der Waals surface area contributed by atoms with Crippen LogP contribution in [0, 0.1) is 0 Å². The number of carbonyl (C=O) groups excluding carboxylic acids is 1. The summed E-state index contributed by atoms with van der Waals surface area (Å²) in [7, 11) is 0. The molecule has 5 nitrogen and oxygen atoms in total. The minimum absolute atomic E-state index is 0.0259. The van der Waals surface area contributed by atoms with Gasteiger partial charge in [0, 0.05) is 25.2 Å². The highest BCUT2D eigenvalue weighted by Gasteiger charge is 2.29. The van der Waals surface area contributed by atoms with Crippen LogP contribution in [0.5, 0.6) is 0 Å². The first-order chi connectivity index (χ1) is 13.2. The summed E-state index contributed by atoms with van der Waals surface area (Å²) in [5, 5.41) is 0. The van der Waals surface area contributed by atoms with E-state index in [2.05, 4.69) is 49.9 Å². The molecule has 1 aromatic carbocycles. The summed E-state index contributed by atoms with van der Waals surface area (Å²) < 4.78 is 11.7. The highest BCUT2D eigenvalue weighted by molar-refractivity contribution is 5.91. The van der Waals surface area contributed by atoms with Gasteiger partial charge in [-0.15, -0.1) is 0 Å². The average Bonchev–Trinajstić information content (AvgIpc) is 3.08. The molecule has 2 heterocycles. The van der Waals surface area contributed by atoms with Crippen molar-refractivity contribution in [2.24, 2.45) is 0 Å². The van der Waals surface area contributed by atoms with Crippen LogP contribution >= 0.6 is 0 Å². The second kappa shape index (κ2) is 8.50. The van der Waals surface area contributed by atoms with Gasteiger partial charge in [-0.1, -0.05) is 30.3 Å². The van der Waals surface area contributed by atoms with Crippen LogP contribution in [0.2, 0.25) is 0 Å². The molecule has 2 unspecified atom stereocenters. The number of furan rings is 1. The lowest BCUT2D eigenvalue weighted by atomic mass is 10.0. The van der Waals surface area contributed by atoms with Crippen molar-refractivity contribution in [3.05, 3.63) is 59.5 Å². The van der Waals surface area contributed by atoms with Gasteiger partial charge < -0.3 is 14.1 Å². The fourth-order valence-electron chi connectivity index (χ4n) is 3.60. The number of amides is 1. The summed E-state index contributed by atoms with van der Waals surface area (Å²) in [6.07, 6.45) is 0.0915. The molecular weight excluding hydrogens is 352 g/mol. The zero-order chi connectivity index (χ0) is 20.3. The molecule has 2 aromatic rings. The number of hydrogen-bond donors (Lipinski definition) is 0. The third kappa shape index (κ3) is 5.24. The second-order valence-electron chi connectivity index (χ2n) is 8.75. The summed E-state index contributed by atoms with van der Waals surface area (Å²) >= 11 is 0. The van der Waals surface area contributed by atoms with Gasteiger partial charge in [0.15, 0.2) is 5.76 Å². The Kier molecular flexibility index (Phi) is 6.26. The van der Waals surface area contributed by atoms with Crippen molar-refractivity contribution in [1.82, 2.24) is 9.80 Å². The molecule has 3 rings (SSSR count). The number of morpholine rings is 1. The van der Waals surface area contributed by atoms with E-state index in [0.29, 0.717) is 25.4 Å². The SMILES string of the molecule is CC1CN(C(=O)c2ccc(CN(Cc3ccccc3)C(C)(C)C)o2)CC(C)O1. The quantitative estimate of drug-likeness (QED) is 0.770. The molecule has 5 heteroatoms. The van der Waals surface area contributed by atoms with E-state index in [-0.39, 0.29) is 23.7 Å². The van der Waals surface area contributed by atoms with Crippen LogP contribution in [0.4, 0.5) is 0 Å². The van der Waals surface area contributed by atoms with E-state index in [4.69, 9.17) is 9.15 Å². The maximum atomic E-state index is 12.8. The maximum absolute atomic E-state index is 12.8. The third-order valence-electron chi connectivity index (χ3n) is 5.09. The van der Waals surface area contributed by atoms with E-state index in [9.17, 15) is 4.79 Å². The van der Waals surface area contributed by atoms with E-state index in [1.165, 1.54) is 5.56 Å². The van der Waals surface area contributed by atoms with Gasteiger partial charge >= 0.3 is 0 Å². The smallest absolute Gasteiger partial charge is 0.289 e. The van der Waals surface area contributed by atoms with Crippen LogP contribution < -0.4 is 0 Å². The predicted octanol–water partition coefficient (Wildman–Crippen LogP) is 4.33. The Morgan fingerprint density at radius 1 is 1.04 bits per heavy atom. The van der Waals surface area contributed by atoms with Gasteiger partial charge in [-0.25, -0.2) is 0 Å². The summed E-state index contributed by atoms with van der Waals surface area (Å²) in [5.74, 6) is 1.16. The fourth-order valence-corrected chi connectivity index (χ4v) is 3.60. The molecule has 1 fully saturated rings. The van der Waals surface area contributed by atoms with Crippen molar-refractivity contribution in [1.29, 1.82) is 0 Å². The van der Waals surface area contributed by atoms with Crippen LogP contribution in [-0.2, 0) is 17.8 Å². The highest BCUT2D eigenvalue weighted by Crippen LogP contribution is 2.23. The molecule has 1 aliphatic rings. The first-order valence-corrected chi connectivity index (χ1v) is 10.0. The molecule has 1 amide bonds. The molecule has 152 valence electrons. The Labute approximate surface area is 168 Å². The van der Waals surface area contributed by atoms with Gasteiger partial charge in [-0.05, 0) is 52.3 Å². The van der Waals surface area contributed by atoms with Gasteiger partial charge in [0.25, 0.3) is 5.91 Å². The fraction of sp³-hybridized carbons (Fsp3) is 0.522. The van der Waals surface area contributed by atoms with Gasteiger partial charge in [-0.3, -0.25) is 9.69 Å². The average molecular weight is 385 g/mol. The Hall–Kier alpha value is -2.11. The van der Waals surface area contributed by atoms with Crippen LogP contribution in [-0.4, -0.2) is 46.5 Å². The number of rotatable bonds is 5. The van der Waals surface area contributed by atoms with Crippen LogP contribution in [0.25, 0.3) is 0 Å². The molecule has 1 aromatic heterocycles. The zero-order valence-electron chi connectivity index (χ0n) is 17.6. The standard InChI is InChI=1S/C23H32N2O3/c1-17-13-24(14-18(2)27-17)22(26)21-12-11-20(28-21)16-25(23(3,4)5)15-19-9-7-6-8-10-19/h6-12,17-18H,13-16H2,1-5H3. The summed E-state index contributed by atoms with van der Waals surface area (Å²) in [5.41, 5.74) is 1.23. The Morgan fingerprint density at radius 3 is 2.29 bits per heavy atom. The summed E-state index contributed by atoms with van der Waals surface area (Å²) in [6.45, 7) is 13.3. The number of carbonyl (C=O) groups is 1. The van der Waals surface area contributed by atoms with Crippen molar-refractivity contribution < 1.29 is 13.9 Å². The van der Waals surface area contributed by atoms with Crippen molar-refractivity contribution >= 4 is 5.91 Å². The largest absolute Gasteiger partial charge is 0.455 e. The van der Waals surface area contributed by atoms with Gasteiger partial charge in [0.1, 0.15) is 5.76 Å². The number of benzene rings is 1. The summed E-state index contributed by atoms with van der Waals surface area (Å²) in [6, 6.07) is 14.1. The number of hydrogen-bond acceptors (Lipinski definition) is 4. The molecule has 1 aliphatic heterocycles. The van der Waals surface area contributed by atoms with Crippen molar-refractivity contribution in [2.75, 3.05) is 13.1 Å². The lowest BCUT2D eigenvalue weighted by Gasteiger charge is -2.35. The molecule has 0 radical (unpaired) electrons. The number of ether oxygens (including phenoxy) is 1. The molecule has 0 bridgehead atoms. The molecule has 0 N–H and O–H groups in total. The third-order valence-corrected chi connectivity index (χ3v) is 5.09. The van der Waals surface area contributed by atoms with E-state index < -0.39 is 0 Å². The Bertz CT molecular complexity index is 769. The number of nitrogens with zero attached hydrogens (tertiary/aromatic N) is 2. The monoisotopic (exact) mass is 384 g/mol. The van der Waals surface area contributed by atoms with Crippen molar-refractivity contribution in [2.45, 2.75) is 65.5 Å². The topological polar surface area (TPSA) is 45.9 Å². The highest BCUT2D eigenvalue weighted by atomic mass is 16.5. The van der Waals surface area contributed by atoms with E-state index in [1.54, 1.807) is 6.07 Å². The van der Waals surface area contributed by atoms with Gasteiger partial charge in [0.05, 0.1) is 18.8 Å². The lowest BCUT2D eigenvalue weighted by molar-refractivity contribution is -0.0592. The molecule has 28 heavy (non-hydrogen) atoms. The van der Waals surface area contributed by atoms with Crippen molar-refractivity contribution in [3.8, 4) is 0 Å². The maximum Gasteiger partial charge on any atom is 0.289 e. The van der Waals surface area contributed by atoms with Crippen LogP contribution in [0.1, 0.15) is 56.5 Å².